The first-order chi connectivity index (χ1) is 7.74. The first-order valence-electron chi connectivity index (χ1n) is 5.43. The number of aliphatic carboxylic acids is 1. The van der Waals surface area contributed by atoms with Crippen molar-refractivity contribution in [2.75, 3.05) is 32.7 Å². The predicted molar refractivity (Wildman–Crippen MR) is 58.1 cm³/mol. The molecule has 0 spiro atoms. The zero-order chi connectivity index (χ0) is 11.4. The van der Waals surface area contributed by atoms with Crippen LogP contribution in [0.4, 0.5) is 0 Å². The Bertz CT molecular complexity index is 329. The highest BCUT2D eigenvalue weighted by Gasteiger charge is 2.18. The minimum Gasteiger partial charge on any atom is -0.480 e. The van der Waals surface area contributed by atoms with Crippen molar-refractivity contribution in [1.29, 1.82) is 0 Å². The van der Waals surface area contributed by atoms with E-state index in [1.165, 1.54) is 0 Å². The number of piperazine rings is 1. The quantitative estimate of drug-likeness (QED) is 0.806. The number of rotatable bonds is 4. The van der Waals surface area contributed by atoms with Crippen molar-refractivity contribution in [2.24, 2.45) is 0 Å². The lowest BCUT2D eigenvalue weighted by Crippen LogP contribution is -2.47. The molecule has 0 atom stereocenters. The van der Waals surface area contributed by atoms with Crippen molar-refractivity contribution in [2.45, 2.75) is 6.54 Å². The highest BCUT2D eigenvalue weighted by Crippen LogP contribution is 2.08. The number of furan rings is 1. The lowest BCUT2D eigenvalue weighted by Gasteiger charge is -2.33. The molecule has 0 aromatic carbocycles. The van der Waals surface area contributed by atoms with Crippen LogP contribution in [0.3, 0.4) is 0 Å². The van der Waals surface area contributed by atoms with E-state index >= 15 is 0 Å². The zero-order valence-electron chi connectivity index (χ0n) is 9.13. The molecule has 2 heterocycles. The van der Waals surface area contributed by atoms with Gasteiger partial charge in [-0.15, -0.1) is 0 Å². The summed E-state index contributed by atoms with van der Waals surface area (Å²) in [5, 5.41) is 8.67. The summed E-state index contributed by atoms with van der Waals surface area (Å²) in [4.78, 5) is 14.8. The minimum atomic E-state index is -0.750. The molecule has 0 aliphatic carbocycles. The van der Waals surface area contributed by atoms with Crippen LogP contribution in [0.15, 0.2) is 22.8 Å². The largest absolute Gasteiger partial charge is 0.480 e. The van der Waals surface area contributed by atoms with Crippen LogP contribution in [-0.4, -0.2) is 53.6 Å². The van der Waals surface area contributed by atoms with E-state index in [4.69, 9.17) is 9.52 Å². The van der Waals surface area contributed by atoms with Crippen molar-refractivity contribution in [1.82, 2.24) is 9.80 Å². The summed E-state index contributed by atoms with van der Waals surface area (Å²) in [5.74, 6) is 0.214. The Morgan fingerprint density at radius 3 is 2.56 bits per heavy atom. The number of carboxylic acid groups (broad SMARTS) is 1. The van der Waals surface area contributed by atoms with E-state index in [9.17, 15) is 4.79 Å². The van der Waals surface area contributed by atoms with Gasteiger partial charge in [0.1, 0.15) is 5.76 Å². The molecule has 0 saturated carbocycles. The van der Waals surface area contributed by atoms with Crippen LogP contribution in [0.1, 0.15) is 5.76 Å². The van der Waals surface area contributed by atoms with Crippen LogP contribution in [0, 0.1) is 0 Å². The van der Waals surface area contributed by atoms with Crippen molar-refractivity contribution in [3.63, 3.8) is 0 Å². The average molecular weight is 224 g/mol. The van der Waals surface area contributed by atoms with Gasteiger partial charge in [-0.2, -0.15) is 0 Å². The standard InChI is InChI=1S/C11H16N2O3/c14-11(15)9-13-5-3-12(4-6-13)8-10-2-1-7-16-10/h1-2,7H,3-6,8-9H2,(H,14,15). The van der Waals surface area contributed by atoms with Gasteiger partial charge in [-0.25, -0.2) is 0 Å². The van der Waals surface area contributed by atoms with Gasteiger partial charge in [-0.3, -0.25) is 14.6 Å². The molecule has 1 aliphatic heterocycles. The molecule has 1 aliphatic rings. The molecule has 0 bridgehead atoms. The summed E-state index contributed by atoms with van der Waals surface area (Å²) in [6.07, 6.45) is 1.68. The Morgan fingerprint density at radius 1 is 1.31 bits per heavy atom. The lowest BCUT2D eigenvalue weighted by atomic mass is 10.3. The predicted octanol–water partition coefficient (Wildman–Crippen LogP) is 0.482. The Kier molecular flexibility index (Phi) is 3.58. The molecule has 1 fully saturated rings. The Hall–Kier alpha value is -1.33. The van der Waals surface area contributed by atoms with E-state index in [1.54, 1.807) is 6.26 Å². The molecular formula is C11H16N2O3. The topological polar surface area (TPSA) is 56.9 Å². The fourth-order valence-corrected chi connectivity index (χ4v) is 1.92. The van der Waals surface area contributed by atoms with Gasteiger partial charge in [-0.1, -0.05) is 0 Å². The molecule has 1 aromatic heterocycles. The first kappa shape index (κ1) is 11.2. The Balaban J connectivity index is 1.75. The van der Waals surface area contributed by atoms with Gasteiger partial charge in [-0.05, 0) is 12.1 Å². The van der Waals surface area contributed by atoms with Crippen molar-refractivity contribution < 1.29 is 14.3 Å². The van der Waals surface area contributed by atoms with Crippen molar-refractivity contribution >= 4 is 5.97 Å². The average Bonchev–Trinajstić information content (AvgIpc) is 2.73. The van der Waals surface area contributed by atoms with E-state index in [2.05, 4.69) is 4.90 Å². The third-order valence-electron chi connectivity index (χ3n) is 2.78. The molecule has 88 valence electrons. The van der Waals surface area contributed by atoms with E-state index < -0.39 is 5.97 Å². The fraction of sp³-hybridized carbons (Fsp3) is 0.545. The fourth-order valence-electron chi connectivity index (χ4n) is 1.92. The summed E-state index contributed by atoms with van der Waals surface area (Å²) >= 11 is 0. The molecule has 0 radical (unpaired) electrons. The van der Waals surface area contributed by atoms with Crippen LogP contribution >= 0.6 is 0 Å². The number of nitrogens with zero attached hydrogens (tertiary/aromatic N) is 2. The number of carbonyl (C=O) groups is 1. The summed E-state index contributed by atoms with van der Waals surface area (Å²) in [7, 11) is 0. The molecule has 5 nitrogen and oxygen atoms in total. The molecule has 16 heavy (non-hydrogen) atoms. The van der Waals surface area contributed by atoms with Crippen molar-refractivity contribution in [3.8, 4) is 0 Å². The highest BCUT2D eigenvalue weighted by molar-refractivity contribution is 5.69. The summed E-state index contributed by atoms with van der Waals surface area (Å²) < 4.78 is 5.28. The van der Waals surface area contributed by atoms with Gasteiger partial charge in [0.25, 0.3) is 0 Å². The van der Waals surface area contributed by atoms with Gasteiger partial charge in [0.2, 0.25) is 0 Å². The number of hydrogen-bond acceptors (Lipinski definition) is 4. The molecule has 0 amide bonds. The van der Waals surface area contributed by atoms with Crippen molar-refractivity contribution in [3.05, 3.63) is 24.2 Å². The zero-order valence-corrected chi connectivity index (χ0v) is 9.13. The monoisotopic (exact) mass is 224 g/mol. The van der Waals surface area contributed by atoms with E-state index in [0.29, 0.717) is 0 Å². The molecule has 1 saturated heterocycles. The van der Waals surface area contributed by atoms with Gasteiger partial charge < -0.3 is 9.52 Å². The maximum atomic E-state index is 10.5. The third kappa shape index (κ3) is 3.08. The normalized spacial score (nSPS) is 18.8. The van der Waals surface area contributed by atoms with Crippen LogP contribution < -0.4 is 0 Å². The van der Waals surface area contributed by atoms with Crippen LogP contribution in [0.2, 0.25) is 0 Å². The lowest BCUT2D eigenvalue weighted by molar-refractivity contribution is -0.138. The van der Waals surface area contributed by atoms with Crippen LogP contribution in [-0.2, 0) is 11.3 Å². The third-order valence-corrected chi connectivity index (χ3v) is 2.78. The molecule has 1 aromatic rings. The maximum absolute atomic E-state index is 10.5. The second-order valence-electron chi connectivity index (χ2n) is 4.03. The molecule has 2 rings (SSSR count). The minimum absolute atomic E-state index is 0.147. The first-order valence-corrected chi connectivity index (χ1v) is 5.43. The molecule has 1 N–H and O–H groups in total. The highest BCUT2D eigenvalue weighted by atomic mass is 16.4. The van der Waals surface area contributed by atoms with Gasteiger partial charge in [0, 0.05) is 26.2 Å². The summed E-state index contributed by atoms with van der Waals surface area (Å²) in [6, 6.07) is 3.85. The van der Waals surface area contributed by atoms with Gasteiger partial charge >= 0.3 is 5.97 Å². The summed E-state index contributed by atoms with van der Waals surface area (Å²) in [5.41, 5.74) is 0. The van der Waals surface area contributed by atoms with E-state index in [-0.39, 0.29) is 6.54 Å². The van der Waals surface area contributed by atoms with Crippen LogP contribution in [0.25, 0.3) is 0 Å². The summed E-state index contributed by atoms with van der Waals surface area (Å²) in [6.45, 7) is 4.38. The number of carboxylic acids is 1. The van der Waals surface area contributed by atoms with E-state index in [1.807, 2.05) is 17.0 Å². The second-order valence-corrected chi connectivity index (χ2v) is 4.03. The molecular weight excluding hydrogens is 208 g/mol. The molecule has 0 unspecified atom stereocenters. The van der Waals surface area contributed by atoms with E-state index in [0.717, 1.165) is 38.5 Å². The Labute approximate surface area is 94.2 Å². The smallest absolute Gasteiger partial charge is 0.317 e. The maximum Gasteiger partial charge on any atom is 0.317 e. The molecule has 5 heteroatoms. The Morgan fingerprint density at radius 2 is 2.00 bits per heavy atom. The van der Waals surface area contributed by atoms with Gasteiger partial charge in [0.15, 0.2) is 0 Å². The number of hydrogen-bond donors (Lipinski definition) is 1. The van der Waals surface area contributed by atoms with Crippen LogP contribution in [0.5, 0.6) is 0 Å². The SMILES string of the molecule is O=C(O)CN1CCN(Cc2ccco2)CC1. The van der Waals surface area contributed by atoms with Gasteiger partial charge in [0.05, 0.1) is 19.4 Å². The second kappa shape index (κ2) is 5.14.